The van der Waals surface area contributed by atoms with Gasteiger partial charge in [0.1, 0.15) is 4.32 Å². The van der Waals surface area contributed by atoms with Crippen molar-refractivity contribution in [2.45, 2.75) is 19.4 Å². The molecule has 0 unspecified atom stereocenters. The number of aliphatic carboxylic acids is 1. The fraction of sp³-hybridized carbons (Fsp3) is 0.182. The maximum Gasteiger partial charge on any atom is 0.303 e. The topological polar surface area (TPSA) is 77.9 Å². The van der Waals surface area contributed by atoms with Gasteiger partial charge in [0, 0.05) is 23.6 Å². The van der Waals surface area contributed by atoms with Gasteiger partial charge in [-0.15, -0.1) is 0 Å². The summed E-state index contributed by atoms with van der Waals surface area (Å²) in [4.78, 5) is 40.6. The van der Waals surface area contributed by atoms with Gasteiger partial charge in [-0.1, -0.05) is 65.9 Å². The van der Waals surface area contributed by atoms with Gasteiger partial charge in [0.15, 0.2) is 0 Å². The lowest BCUT2D eigenvalue weighted by atomic mass is 10.1. The minimum Gasteiger partial charge on any atom is -0.481 e. The number of thiocarbonyl (C=S) groups is 1. The second-order valence-corrected chi connectivity index (χ2v) is 9.14. The third kappa shape index (κ3) is 4.23. The zero-order chi connectivity index (χ0) is 22.1. The van der Waals surface area contributed by atoms with Crippen molar-refractivity contribution in [2.24, 2.45) is 0 Å². The number of halogens is 1. The lowest BCUT2D eigenvalue weighted by molar-refractivity contribution is -0.137. The van der Waals surface area contributed by atoms with E-state index in [-0.39, 0.29) is 36.1 Å². The summed E-state index contributed by atoms with van der Waals surface area (Å²) in [5.74, 6) is -1.55. The normalized spacial score (nSPS) is 18.2. The molecule has 31 heavy (non-hydrogen) atoms. The molecule has 0 saturated carbocycles. The first-order valence-electron chi connectivity index (χ1n) is 9.52. The quantitative estimate of drug-likeness (QED) is 0.498. The Hall–Kier alpha value is -2.68. The molecule has 2 amide bonds. The predicted octanol–water partition coefficient (Wildman–Crippen LogP) is 4.32. The molecule has 0 aliphatic carbocycles. The van der Waals surface area contributed by atoms with Crippen molar-refractivity contribution in [2.75, 3.05) is 11.4 Å². The van der Waals surface area contributed by atoms with E-state index in [0.29, 0.717) is 27.0 Å². The molecule has 0 aromatic heterocycles. The van der Waals surface area contributed by atoms with Crippen LogP contribution in [0.1, 0.15) is 24.0 Å². The molecule has 2 aliphatic rings. The van der Waals surface area contributed by atoms with Crippen molar-refractivity contribution in [1.29, 1.82) is 0 Å². The molecular formula is C22H17ClN2O4S2. The second kappa shape index (κ2) is 8.82. The van der Waals surface area contributed by atoms with Crippen LogP contribution in [-0.2, 0) is 20.9 Å². The van der Waals surface area contributed by atoms with E-state index < -0.39 is 5.97 Å². The van der Waals surface area contributed by atoms with Crippen LogP contribution in [0.4, 0.5) is 5.69 Å². The third-order valence-electron chi connectivity index (χ3n) is 5.03. The molecular weight excluding hydrogens is 456 g/mol. The Labute approximate surface area is 193 Å². The van der Waals surface area contributed by atoms with Crippen LogP contribution in [0.25, 0.3) is 5.57 Å². The van der Waals surface area contributed by atoms with Crippen LogP contribution in [0.2, 0.25) is 5.02 Å². The van der Waals surface area contributed by atoms with E-state index in [4.69, 9.17) is 28.9 Å². The Morgan fingerprint density at radius 1 is 1.03 bits per heavy atom. The monoisotopic (exact) mass is 472 g/mol. The molecule has 1 N–H and O–H groups in total. The van der Waals surface area contributed by atoms with Crippen molar-refractivity contribution < 1.29 is 19.5 Å². The van der Waals surface area contributed by atoms with Gasteiger partial charge in [0.25, 0.3) is 11.8 Å². The summed E-state index contributed by atoms with van der Waals surface area (Å²) in [5, 5.41) is 9.46. The summed E-state index contributed by atoms with van der Waals surface area (Å²) in [6, 6.07) is 14.6. The van der Waals surface area contributed by atoms with Crippen LogP contribution < -0.4 is 4.90 Å². The molecule has 1 fully saturated rings. The van der Waals surface area contributed by atoms with E-state index in [1.807, 2.05) is 36.4 Å². The SMILES string of the molecule is O=C(O)CCCN1C(=O)/C(=C2/C(=O)N(Cc3ccc(Cl)cc3)c3ccccc32)SC1=S. The molecule has 6 nitrogen and oxygen atoms in total. The number of anilines is 1. The minimum absolute atomic E-state index is 0.0560. The molecule has 0 spiro atoms. The fourth-order valence-electron chi connectivity index (χ4n) is 3.56. The molecule has 2 aromatic rings. The van der Waals surface area contributed by atoms with Gasteiger partial charge < -0.3 is 10.0 Å². The highest BCUT2D eigenvalue weighted by atomic mass is 35.5. The number of nitrogens with zero attached hydrogens (tertiary/aromatic N) is 2. The van der Waals surface area contributed by atoms with Gasteiger partial charge in [-0.3, -0.25) is 19.3 Å². The summed E-state index contributed by atoms with van der Waals surface area (Å²) in [6.45, 7) is 0.549. The molecule has 0 atom stereocenters. The number of fused-ring (bicyclic) bond motifs is 1. The highest BCUT2D eigenvalue weighted by Crippen LogP contribution is 2.45. The lowest BCUT2D eigenvalue weighted by Crippen LogP contribution is -2.30. The number of hydrogen-bond acceptors (Lipinski definition) is 5. The van der Waals surface area contributed by atoms with E-state index >= 15 is 0 Å². The summed E-state index contributed by atoms with van der Waals surface area (Å²) < 4.78 is 0.333. The van der Waals surface area contributed by atoms with E-state index in [2.05, 4.69) is 0 Å². The standard InChI is InChI=1S/C22H17ClN2O4S2/c23-14-9-7-13(8-10-14)12-25-16-5-2-1-4-15(16)18(20(25)28)19-21(29)24(22(30)31-19)11-3-6-17(26)27/h1-2,4-5,7-10H,3,6,11-12H2,(H,26,27)/b19-18-. The number of carbonyl (C=O) groups excluding carboxylic acids is 2. The molecule has 0 bridgehead atoms. The number of para-hydroxylation sites is 1. The third-order valence-corrected chi connectivity index (χ3v) is 6.73. The Kier molecular flexibility index (Phi) is 6.13. The van der Waals surface area contributed by atoms with Crippen molar-refractivity contribution in [3.63, 3.8) is 0 Å². The van der Waals surface area contributed by atoms with Crippen LogP contribution in [-0.4, -0.2) is 38.7 Å². The molecule has 0 radical (unpaired) electrons. The molecule has 9 heteroatoms. The fourth-order valence-corrected chi connectivity index (χ4v) is 5.07. The Balaban J connectivity index is 1.67. The maximum atomic E-state index is 13.4. The molecule has 158 valence electrons. The number of carboxylic acid groups (broad SMARTS) is 1. The summed E-state index contributed by atoms with van der Waals surface area (Å²) in [7, 11) is 0. The van der Waals surface area contributed by atoms with Crippen LogP contribution >= 0.6 is 35.6 Å². The van der Waals surface area contributed by atoms with Gasteiger partial charge in [-0.2, -0.15) is 0 Å². The molecule has 2 aromatic carbocycles. The summed E-state index contributed by atoms with van der Waals surface area (Å²) in [6.07, 6.45) is 0.233. The van der Waals surface area contributed by atoms with Gasteiger partial charge in [-0.25, -0.2) is 0 Å². The van der Waals surface area contributed by atoms with Gasteiger partial charge in [0.05, 0.1) is 22.7 Å². The smallest absolute Gasteiger partial charge is 0.303 e. The van der Waals surface area contributed by atoms with E-state index in [0.717, 1.165) is 23.0 Å². The number of carboxylic acids is 1. The van der Waals surface area contributed by atoms with Crippen molar-refractivity contribution in [1.82, 2.24) is 4.90 Å². The zero-order valence-corrected chi connectivity index (χ0v) is 18.6. The molecule has 1 saturated heterocycles. The maximum absolute atomic E-state index is 13.4. The van der Waals surface area contributed by atoms with E-state index in [1.54, 1.807) is 17.0 Å². The van der Waals surface area contributed by atoms with Gasteiger partial charge in [0.2, 0.25) is 0 Å². The van der Waals surface area contributed by atoms with E-state index in [1.165, 1.54) is 4.90 Å². The Bertz CT molecular complexity index is 1130. The average molecular weight is 473 g/mol. The molecule has 2 aliphatic heterocycles. The van der Waals surface area contributed by atoms with Crippen LogP contribution in [0, 0.1) is 0 Å². The van der Waals surface area contributed by atoms with E-state index in [9.17, 15) is 14.4 Å². The number of carbonyl (C=O) groups is 3. The Morgan fingerprint density at radius 3 is 2.45 bits per heavy atom. The number of hydrogen-bond donors (Lipinski definition) is 1. The average Bonchev–Trinajstić information content (AvgIpc) is 3.17. The van der Waals surface area contributed by atoms with Gasteiger partial charge >= 0.3 is 5.97 Å². The first-order valence-corrected chi connectivity index (χ1v) is 11.1. The summed E-state index contributed by atoms with van der Waals surface area (Å²) >= 11 is 12.4. The van der Waals surface area contributed by atoms with Crippen LogP contribution in [0.3, 0.4) is 0 Å². The molecule has 2 heterocycles. The van der Waals surface area contributed by atoms with Crippen LogP contribution in [0.5, 0.6) is 0 Å². The molecule has 4 rings (SSSR count). The number of amides is 2. The zero-order valence-electron chi connectivity index (χ0n) is 16.2. The first-order chi connectivity index (χ1) is 14.9. The van der Waals surface area contributed by atoms with Crippen molar-refractivity contribution in [3.8, 4) is 0 Å². The summed E-state index contributed by atoms with van der Waals surface area (Å²) in [5.41, 5.74) is 2.67. The largest absolute Gasteiger partial charge is 0.481 e. The number of rotatable bonds is 6. The highest BCUT2D eigenvalue weighted by molar-refractivity contribution is 8.26. The predicted molar refractivity (Wildman–Crippen MR) is 125 cm³/mol. The second-order valence-electron chi connectivity index (χ2n) is 7.06. The first kappa shape index (κ1) is 21.5. The lowest BCUT2D eigenvalue weighted by Gasteiger charge is -2.17. The van der Waals surface area contributed by atoms with Crippen molar-refractivity contribution in [3.05, 3.63) is 69.6 Å². The number of benzene rings is 2. The van der Waals surface area contributed by atoms with Gasteiger partial charge in [-0.05, 0) is 30.2 Å². The van der Waals surface area contributed by atoms with Crippen LogP contribution in [0.15, 0.2) is 53.4 Å². The number of thioether (sulfide) groups is 1. The Morgan fingerprint density at radius 2 is 1.74 bits per heavy atom. The van der Waals surface area contributed by atoms with Crippen molar-refractivity contribution >= 4 is 68.9 Å². The minimum atomic E-state index is -0.929. The highest BCUT2D eigenvalue weighted by Gasteiger charge is 2.41.